The third-order valence-electron chi connectivity index (χ3n) is 2.41. The van der Waals surface area contributed by atoms with Crippen LogP contribution < -0.4 is 0 Å². The van der Waals surface area contributed by atoms with Crippen LogP contribution in [0.1, 0.15) is 24.3 Å². The molecule has 1 aromatic carbocycles. The summed E-state index contributed by atoms with van der Waals surface area (Å²) in [5.74, 6) is -3.15. The Bertz CT molecular complexity index is 476. The highest BCUT2D eigenvalue weighted by Gasteiger charge is 2.21. The maximum absolute atomic E-state index is 13.6. The third kappa shape index (κ3) is 3.50. The average molecular weight is 318 g/mol. The monoisotopic (exact) mass is 317 g/mol. The lowest BCUT2D eigenvalue weighted by Gasteiger charge is -2.11. The Labute approximate surface area is 111 Å². The molecule has 0 saturated heterocycles. The van der Waals surface area contributed by atoms with Gasteiger partial charge in [0.1, 0.15) is 11.6 Å². The van der Waals surface area contributed by atoms with Crippen molar-refractivity contribution in [2.24, 2.45) is 0 Å². The number of ether oxygens (including phenoxy) is 1. The molecule has 0 aromatic heterocycles. The molecule has 3 nitrogen and oxygen atoms in total. The van der Waals surface area contributed by atoms with E-state index in [0.29, 0.717) is 0 Å². The first-order valence-corrected chi connectivity index (χ1v) is 5.89. The lowest BCUT2D eigenvalue weighted by molar-refractivity contribution is -0.140. The number of hydrogen-bond donors (Lipinski definition) is 0. The number of benzene rings is 1. The van der Waals surface area contributed by atoms with E-state index in [1.165, 1.54) is 7.11 Å². The molecule has 6 heteroatoms. The van der Waals surface area contributed by atoms with Gasteiger partial charge in [0.25, 0.3) is 0 Å². The van der Waals surface area contributed by atoms with Gasteiger partial charge >= 0.3 is 5.97 Å². The Morgan fingerprint density at radius 3 is 2.50 bits per heavy atom. The highest BCUT2D eigenvalue weighted by molar-refractivity contribution is 9.10. The molecule has 0 saturated carbocycles. The Hall–Kier alpha value is -1.48. The number of carbonyl (C=O) groups excluding carboxylic acids is 1. The summed E-state index contributed by atoms with van der Waals surface area (Å²) >= 11 is 2.95. The molecule has 0 amide bonds. The molecule has 0 aliphatic carbocycles. The molecule has 18 heavy (non-hydrogen) atoms. The maximum atomic E-state index is 13.6. The summed E-state index contributed by atoms with van der Waals surface area (Å²) < 4.78 is 31.9. The van der Waals surface area contributed by atoms with Gasteiger partial charge in [-0.25, -0.2) is 8.78 Å². The summed E-state index contributed by atoms with van der Waals surface area (Å²) in [5.41, 5.74) is -0.315. The molecule has 0 N–H and O–H groups in total. The predicted octanol–water partition coefficient (Wildman–Crippen LogP) is 3.29. The fourth-order valence-corrected chi connectivity index (χ4v) is 1.93. The fourth-order valence-electron chi connectivity index (χ4n) is 1.52. The first-order chi connectivity index (χ1) is 8.49. The second kappa shape index (κ2) is 6.45. The highest BCUT2D eigenvalue weighted by atomic mass is 79.9. The van der Waals surface area contributed by atoms with Crippen molar-refractivity contribution in [3.05, 3.63) is 33.8 Å². The van der Waals surface area contributed by atoms with Crippen molar-refractivity contribution < 1.29 is 18.3 Å². The number of methoxy groups -OCH3 is 1. The minimum absolute atomic E-state index is 0.0125. The standard InChI is InChI=1S/C12H10BrF2NO2/c1-18-11(17)3-2-7(6-16)12-9(14)4-8(13)5-10(12)15/h4-5,7H,2-3H2,1H3. The maximum Gasteiger partial charge on any atom is 0.305 e. The normalized spacial score (nSPS) is 11.7. The van der Waals surface area contributed by atoms with Crippen LogP contribution in [0.2, 0.25) is 0 Å². The fraction of sp³-hybridized carbons (Fsp3) is 0.333. The number of rotatable bonds is 4. The van der Waals surface area contributed by atoms with Crippen LogP contribution in [-0.4, -0.2) is 13.1 Å². The van der Waals surface area contributed by atoms with Crippen LogP contribution in [0.25, 0.3) is 0 Å². The topological polar surface area (TPSA) is 50.1 Å². The number of nitriles is 1. The van der Waals surface area contributed by atoms with Gasteiger partial charge in [0, 0.05) is 16.5 Å². The van der Waals surface area contributed by atoms with E-state index in [4.69, 9.17) is 5.26 Å². The van der Waals surface area contributed by atoms with E-state index in [2.05, 4.69) is 20.7 Å². The van der Waals surface area contributed by atoms with Gasteiger partial charge in [-0.2, -0.15) is 5.26 Å². The van der Waals surface area contributed by atoms with Crippen LogP contribution in [0.5, 0.6) is 0 Å². The van der Waals surface area contributed by atoms with Crippen molar-refractivity contribution in [1.82, 2.24) is 0 Å². The molecule has 0 heterocycles. The van der Waals surface area contributed by atoms with E-state index < -0.39 is 23.5 Å². The third-order valence-corrected chi connectivity index (χ3v) is 2.87. The second-order valence-electron chi connectivity index (χ2n) is 3.58. The van der Waals surface area contributed by atoms with Crippen LogP contribution >= 0.6 is 15.9 Å². The van der Waals surface area contributed by atoms with Gasteiger partial charge in [0.15, 0.2) is 0 Å². The van der Waals surface area contributed by atoms with Gasteiger partial charge in [-0.3, -0.25) is 4.79 Å². The van der Waals surface area contributed by atoms with Crippen molar-refractivity contribution in [3.8, 4) is 6.07 Å². The van der Waals surface area contributed by atoms with E-state index in [0.717, 1.165) is 12.1 Å². The molecular formula is C12H10BrF2NO2. The summed E-state index contributed by atoms with van der Waals surface area (Å²) in [6.07, 6.45) is -0.0533. The molecule has 0 fully saturated rings. The van der Waals surface area contributed by atoms with Gasteiger partial charge < -0.3 is 4.74 Å². The van der Waals surface area contributed by atoms with E-state index in [-0.39, 0.29) is 22.9 Å². The van der Waals surface area contributed by atoms with E-state index in [9.17, 15) is 13.6 Å². The second-order valence-corrected chi connectivity index (χ2v) is 4.50. The van der Waals surface area contributed by atoms with Crippen LogP contribution in [0.3, 0.4) is 0 Å². The van der Waals surface area contributed by atoms with Gasteiger partial charge in [0.2, 0.25) is 0 Å². The van der Waals surface area contributed by atoms with E-state index in [1.54, 1.807) is 6.07 Å². The van der Waals surface area contributed by atoms with Gasteiger partial charge in [0.05, 0.1) is 19.1 Å². The summed E-state index contributed by atoms with van der Waals surface area (Å²) in [4.78, 5) is 11.0. The smallest absolute Gasteiger partial charge is 0.305 e. The van der Waals surface area contributed by atoms with Gasteiger partial charge in [-0.05, 0) is 18.6 Å². The summed E-state index contributed by atoms with van der Waals surface area (Å²) in [6.45, 7) is 0. The minimum Gasteiger partial charge on any atom is -0.469 e. The zero-order valence-electron chi connectivity index (χ0n) is 9.54. The van der Waals surface area contributed by atoms with Crippen molar-refractivity contribution >= 4 is 21.9 Å². The zero-order valence-corrected chi connectivity index (χ0v) is 11.1. The van der Waals surface area contributed by atoms with E-state index in [1.807, 2.05) is 0 Å². The molecule has 0 aliphatic heterocycles. The molecule has 1 unspecified atom stereocenters. The number of halogens is 3. The van der Waals surface area contributed by atoms with Gasteiger partial charge in [-0.1, -0.05) is 15.9 Å². The summed E-state index contributed by atoms with van der Waals surface area (Å²) in [5, 5.41) is 8.94. The lowest BCUT2D eigenvalue weighted by Crippen LogP contribution is -2.07. The van der Waals surface area contributed by atoms with Crippen LogP contribution in [0.15, 0.2) is 16.6 Å². The molecule has 96 valence electrons. The summed E-state index contributed by atoms with van der Waals surface area (Å²) in [7, 11) is 1.21. The van der Waals surface area contributed by atoms with Crippen molar-refractivity contribution in [3.63, 3.8) is 0 Å². The van der Waals surface area contributed by atoms with E-state index >= 15 is 0 Å². The van der Waals surface area contributed by atoms with Crippen LogP contribution in [0.4, 0.5) is 8.78 Å². The molecule has 1 atom stereocenters. The average Bonchev–Trinajstić information content (AvgIpc) is 2.31. The number of esters is 1. The number of hydrogen-bond acceptors (Lipinski definition) is 3. The molecule has 0 spiro atoms. The zero-order chi connectivity index (χ0) is 13.7. The Kier molecular flexibility index (Phi) is 5.23. The Morgan fingerprint density at radius 2 is 2.06 bits per heavy atom. The molecule has 0 radical (unpaired) electrons. The van der Waals surface area contributed by atoms with Crippen molar-refractivity contribution in [2.45, 2.75) is 18.8 Å². The SMILES string of the molecule is COC(=O)CCC(C#N)c1c(F)cc(Br)cc1F. The summed E-state index contributed by atoms with van der Waals surface area (Å²) in [6, 6.07) is 3.96. The lowest BCUT2D eigenvalue weighted by atomic mass is 9.94. The molecular weight excluding hydrogens is 308 g/mol. The molecule has 1 rings (SSSR count). The molecule has 0 bridgehead atoms. The van der Waals surface area contributed by atoms with Crippen LogP contribution in [0, 0.1) is 23.0 Å². The Morgan fingerprint density at radius 1 is 1.50 bits per heavy atom. The largest absolute Gasteiger partial charge is 0.469 e. The van der Waals surface area contributed by atoms with Crippen molar-refractivity contribution in [2.75, 3.05) is 7.11 Å². The van der Waals surface area contributed by atoms with Crippen molar-refractivity contribution in [1.29, 1.82) is 5.26 Å². The predicted molar refractivity (Wildman–Crippen MR) is 63.7 cm³/mol. The van der Waals surface area contributed by atoms with Gasteiger partial charge in [-0.15, -0.1) is 0 Å². The number of carbonyl (C=O) groups is 1. The van der Waals surface area contributed by atoms with Crippen LogP contribution in [-0.2, 0) is 9.53 Å². The minimum atomic E-state index is -1.02. The first kappa shape index (κ1) is 14.6. The first-order valence-electron chi connectivity index (χ1n) is 5.10. The highest BCUT2D eigenvalue weighted by Crippen LogP contribution is 2.28. The molecule has 0 aliphatic rings. The molecule has 1 aromatic rings. The quantitative estimate of drug-likeness (QED) is 0.801. The Balaban J connectivity index is 2.96. The number of nitrogens with zero attached hydrogens (tertiary/aromatic N) is 1.